The van der Waals surface area contributed by atoms with E-state index in [0.717, 1.165) is 25.9 Å². The van der Waals surface area contributed by atoms with E-state index in [1.165, 1.54) is 0 Å². The molecule has 1 aliphatic carbocycles. The van der Waals surface area contributed by atoms with E-state index in [2.05, 4.69) is 20.4 Å². The number of aromatic nitrogens is 2. The maximum atomic E-state index is 12.0. The fourth-order valence-electron chi connectivity index (χ4n) is 3.47. The van der Waals surface area contributed by atoms with Crippen LogP contribution in [0, 0.1) is 18.8 Å². The van der Waals surface area contributed by atoms with Gasteiger partial charge in [0.05, 0.1) is 0 Å². The Balaban J connectivity index is 1.62. The molecule has 2 bridgehead atoms. The van der Waals surface area contributed by atoms with Crippen LogP contribution in [0.2, 0.25) is 0 Å². The third kappa shape index (κ3) is 3.18. The molecular formula is C15H24N4O3. The molecule has 1 aromatic heterocycles. The van der Waals surface area contributed by atoms with Crippen LogP contribution in [0.15, 0.2) is 4.42 Å². The van der Waals surface area contributed by atoms with Crippen LogP contribution in [0.25, 0.3) is 0 Å². The van der Waals surface area contributed by atoms with Crippen molar-refractivity contribution in [3.63, 3.8) is 0 Å². The summed E-state index contributed by atoms with van der Waals surface area (Å²) in [4.78, 5) is 14.1. The quantitative estimate of drug-likeness (QED) is 0.901. The van der Waals surface area contributed by atoms with Crippen LogP contribution in [0.3, 0.4) is 0 Å². The number of nitrogens with zero attached hydrogens (tertiary/aromatic N) is 3. The first-order valence-corrected chi connectivity index (χ1v) is 7.86. The minimum absolute atomic E-state index is 0.176. The molecule has 0 radical (unpaired) electrons. The molecule has 3 atom stereocenters. The Morgan fingerprint density at radius 2 is 1.91 bits per heavy atom. The van der Waals surface area contributed by atoms with Crippen molar-refractivity contribution in [2.45, 2.75) is 52.2 Å². The van der Waals surface area contributed by atoms with Crippen molar-refractivity contribution in [2.75, 3.05) is 18.0 Å². The van der Waals surface area contributed by atoms with Crippen molar-refractivity contribution in [1.82, 2.24) is 15.5 Å². The van der Waals surface area contributed by atoms with Gasteiger partial charge in [0, 0.05) is 26.1 Å². The number of rotatable bonds is 2. The van der Waals surface area contributed by atoms with Gasteiger partial charge in [0.25, 0.3) is 0 Å². The summed E-state index contributed by atoms with van der Waals surface area (Å²) < 4.78 is 10.9. The molecule has 0 unspecified atom stereocenters. The Labute approximate surface area is 130 Å². The normalized spacial score (nSPS) is 27.8. The van der Waals surface area contributed by atoms with Gasteiger partial charge in [-0.25, -0.2) is 4.79 Å². The highest BCUT2D eigenvalue weighted by atomic mass is 16.6. The lowest BCUT2D eigenvalue weighted by Gasteiger charge is -2.37. The van der Waals surface area contributed by atoms with Gasteiger partial charge in [-0.15, -0.1) is 5.10 Å². The largest absolute Gasteiger partial charge is 0.444 e. The van der Waals surface area contributed by atoms with E-state index in [9.17, 15) is 4.79 Å². The number of alkyl carbamates (subject to hydrolysis) is 1. The lowest BCUT2D eigenvalue weighted by Crippen LogP contribution is -2.53. The molecule has 1 saturated heterocycles. The number of carbonyl (C=O) groups excluding carboxylic acids is 1. The van der Waals surface area contributed by atoms with E-state index in [0.29, 0.717) is 23.7 Å². The predicted molar refractivity (Wildman–Crippen MR) is 80.6 cm³/mol. The van der Waals surface area contributed by atoms with Gasteiger partial charge < -0.3 is 19.4 Å². The Morgan fingerprint density at radius 1 is 1.27 bits per heavy atom. The molecule has 1 N–H and O–H groups in total. The SMILES string of the molecule is Cc1nnc(N2C[C@H]3CC[C@@H](C2)[C@H]3NC(=O)OC(C)(C)C)o1. The Morgan fingerprint density at radius 3 is 2.41 bits per heavy atom. The van der Waals surface area contributed by atoms with Gasteiger partial charge in [-0.1, -0.05) is 5.10 Å². The van der Waals surface area contributed by atoms with Crippen LogP contribution < -0.4 is 10.2 Å². The maximum absolute atomic E-state index is 12.0. The number of amides is 1. The molecule has 122 valence electrons. The number of hydrogen-bond donors (Lipinski definition) is 1. The van der Waals surface area contributed by atoms with Crippen LogP contribution in [0.5, 0.6) is 0 Å². The van der Waals surface area contributed by atoms with E-state index in [-0.39, 0.29) is 12.1 Å². The Bertz CT molecular complexity index is 537. The number of anilines is 1. The summed E-state index contributed by atoms with van der Waals surface area (Å²) in [5, 5.41) is 11.0. The van der Waals surface area contributed by atoms with Crippen LogP contribution >= 0.6 is 0 Å². The number of carbonyl (C=O) groups is 1. The molecule has 0 spiro atoms. The fraction of sp³-hybridized carbons (Fsp3) is 0.800. The molecule has 2 fully saturated rings. The van der Waals surface area contributed by atoms with Crippen LogP contribution in [-0.2, 0) is 4.74 Å². The van der Waals surface area contributed by atoms with Crippen molar-refractivity contribution < 1.29 is 13.9 Å². The van der Waals surface area contributed by atoms with Crippen molar-refractivity contribution in [3.05, 3.63) is 5.89 Å². The van der Waals surface area contributed by atoms with Crippen molar-refractivity contribution in [3.8, 4) is 0 Å². The zero-order chi connectivity index (χ0) is 15.9. The first-order chi connectivity index (χ1) is 10.3. The van der Waals surface area contributed by atoms with E-state index in [1.54, 1.807) is 6.92 Å². The molecule has 3 rings (SSSR count). The number of aryl methyl sites for hydroxylation is 1. The average molecular weight is 308 g/mol. The van der Waals surface area contributed by atoms with E-state index < -0.39 is 5.60 Å². The smallest absolute Gasteiger partial charge is 0.407 e. The highest BCUT2D eigenvalue weighted by Gasteiger charge is 2.44. The van der Waals surface area contributed by atoms with Gasteiger partial charge in [0.15, 0.2) is 0 Å². The van der Waals surface area contributed by atoms with Gasteiger partial charge in [0.2, 0.25) is 5.89 Å². The van der Waals surface area contributed by atoms with E-state index in [4.69, 9.17) is 9.15 Å². The Hall–Kier alpha value is -1.79. The number of ether oxygens (including phenoxy) is 1. The molecule has 7 nitrogen and oxygen atoms in total. The number of hydrogen-bond acceptors (Lipinski definition) is 6. The first-order valence-electron chi connectivity index (χ1n) is 7.86. The van der Waals surface area contributed by atoms with Gasteiger partial charge in [-0.3, -0.25) is 0 Å². The summed E-state index contributed by atoms with van der Waals surface area (Å²) in [7, 11) is 0. The summed E-state index contributed by atoms with van der Waals surface area (Å²) in [6, 6.07) is 0.764. The van der Waals surface area contributed by atoms with Gasteiger partial charge in [-0.05, 0) is 45.4 Å². The van der Waals surface area contributed by atoms with Crippen LogP contribution in [0.1, 0.15) is 39.5 Å². The van der Waals surface area contributed by atoms with Gasteiger partial charge in [-0.2, -0.15) is 0 Å². The highest BCUT2D eigenvalue weighted by Crippen LogP contribution is 2.38. The summed E-state index contributed by atoms with van der Waals surface area (Å²) in [5.74, 6) is 1.38. The van der Waals surface area contributed by atoms with Crippen molar-refractivity contribution >= 4 is 12.1 Å². The second-order valence-corrected chi connectivity index (χ2v) is 7.28. The highest BCUT2D eigenvalue weighted by molar-refractivity contribution is 5.68. The van der Waals surface area contributed by atoms with Gasteiger partial charge >= 0.3 is 12.1 Å². The van der Waals surface area contributed by atoms with Crippen molar-refractivity contribution in [2.24, 2.45) is 11.8 Å². The second kappa shape index (κ2) is 5.44. The number of fused-ring (bicyclic) bond motifs is 2. The fourth-order valence-corrected chi connectivity index (χ4v) is 3.47. The third-order valence-electron chi connectivity index (χ3n) is 4.30. The predicted octanol–water partition coefficient (Wildman–Crippen LogP) is 2.12. The average Bonchev–Trinajstić information content (AvgIpc) is 2.89. The lowest BCUT2D eigenvalue weighted by molar-refractivity contribution is 0.0472. The molecule has 1 aromatic rings. The maximum Gasteiger partial charge on any atom is 0.407 e. The minimum atomic E-state index is -0.467. The monoisotopic (exact) mass is 308 g/mol. The zero-order valence-corrected chi connectivity index (χ0v) is 13.6. The molecule has 0 aromatic carbocycles. The van der Waals surface area contributed by atoms with Crippen LogP contribution in [-0.4, -0.2) is 41.0 Å². The standard InChI is InChI=1S/C15H24N4O3/c1-9-17-18-13(21-9)19-7-10-5-6-11(8-19)12(10)16-14(20)22-15(2,3)4/h10-12H,5-8H2,1-4H3,(H,16,20)/t10-,11+,12+. The molecule has 2 heterocycles. The molecule has 1 aliphatic heterocycles. The van der Waals surface area contributed by atoms with Gasteiger partial charge in [0.1, 0.15) is 5.60 Å². The minimum Gasteiger partial charge on any atom is -0.444 e. The van der Waals surface area contributed by atoms with Crippen molar-refractivity contribution in [1.29, 1.82) is 0 Å². The third-order valence-corrected chi connectivity index (χ3v) is 4.30. The summed E-state index contributed by atoms with van der Waals surface area (Å²) in [5.41, 5.74) is -0.467. The molecule has 1 amide bonds. The lowest BCUT2D eigenvalue weighted by atomic mass is 9.92. The Kier molecular flexibility index (Phi) is 3.74. The topological polar surface area (TPSA) is 80.5 Å². The first kappa shape index (κ1) is 15.1. The second-order valence-electron chi connectivity index (χ2n) is 7.28. The summed E-state index contributed by atoms with van der Waals surface area (Å²) in [6.07, 6.45) is 1.89. The molecular weight excluding hydrogens is 284 g/mol. The molecule has 22 heavy (non-hydrogen) atoms. The molecule has 2 aliphatic rings. The van der Waals surface area contributed by atoms with E-state index in [1.807, 2.05) is 20.8 Å². The molecule has 7 heteroatoms. The summed E-state index contributed by atoms with van der Waals surface area (Å²) >= 11 is 0. The summed E-state index contributed by atoms with van der Waals surface area (Å²) in [6.45, 7) is 9.09. The zero-order valence-electron chi connectivity index (χ0n) is 13.6. The number of nitrogens with one attached hydrogen (secondary N) is 1. The molecule has 1 saturated carbocycles. The number of piperidine rings is 1. The van der Waals surface area contributed by atoms with Crippen LogP contribution in [0.4, 0.5) is 10.8 Å². The van der Waals surface area contributed by atoms with E-state index >= 15 is 0 Å².